The van der Waals surface area contributed by atoms with Crippen LogP contribution in [-0.2, 0) is 0 Å². The van der Waals surface area contributed by atoms with Gasteiger partial charge in [-0.3, -0.25) is 0 Å². The molecular formula is C8H7N7. The molecule has 0 aliphatic heterocycles. The Morgan fingerprint density at radius 3 is 2.47 bits per heavy atom. The van der Waals surface area contributed by atoms with E-state index in [0.717, 1.165) is 0 Å². The summed E-state index contributed by atoms with van der Waals surface area (Å²) in [5.41, 5.74) is 11.3. The smallest absolute Gasteiger partial charge is 0.252 e. The second-order valence-corrected chi connectivity index (χ2v) is 2.72. The van der Waals surface area contributed by atoms with Gasteiger partial charge in [-0.25, -0.2) is 9.97 Å². The van der Waals surface area contributed by atoms with Crippen LogP contribution in [0.2, 0.25) is 0 Å². The molecule has 0 bridgehead atoms. The van der Waals surface area contributed by atoms with Gasteiger partial charge in [0.05, 0.1) is 0 Å². The molecule has 0 amide bonds. The van der Waals surface area contributed by atoms with E-state index < -0.39 is 0 Å². The van der Waals surface area contributed by atoms with Gasteiger partial charge in [-0.1, -0.05) is 0 Å². The van der Waals surface area contributed by atoms with Crippen molar-refractivity contribution in [2.24, 2.45) is 0 Å². The number of nitrogen functional groups attached to an aromatic ring is 2. The van der Waals surface area contributed by atoms with Crippen LogP contribution in [0.25, 0.3) is 5.95 Å². The second-order valence-electron chi connectivity index (χ2n) is 2.72. The summed E-state index contributed by atoms with van der Waals surface area (Å²) in [7, 11) is 0. The molecule has 2 aromatic rings. The van der Waals surface area contributed by atoms with Gasteiger partial charge in [0.15, 0.2) is 11.6 Å². The highest BCUT2D eigenvalue weighted by Gasteiger charge is 2.14. The van der Waals surface area contributed by atoms with Crippen molar-refractivity contribution in [3.63, 3.8) is 0 Å². The van der Waals surface area contributed by atoms with Crippen LogP contribution in [0.15, 0.2) is 18.5 Å². The minimum atomic E-state index is 0.0717. The third-order valence-electron chi connectivity index (χ3n) is 1.80. The molecule has 2 rings (SSSR count). The fourth-order valence-electron chi connectivity index (χ4n) is 1.12. The average Bonchev–Trinajstić information content (AvgIpc) is 2.55. The Balaban J connectivity index is 2.62. The van der Waals surface area contributed by atoms with Crippen LogP contribution in [0.5, 0.6) is 0 Å². The van der Waals surface area contributed by atoms with Gasteiger partial charge in [0.2, 0.25) is 0 Å². The van der Waals surface area contributed by atoms with Crippen molar-refractivity contribution in [3.8, 4) is 12.0 Å². The summed E-state index contributed by atoms with van der Waals surface area (Å²) >= 11 is 0. The minimum Gasteiger partial charge on any atom is -0.382 e. The number of nitriles is 1. The molecule has 7 nitrogen and oxygen atoms in total. The summed E-state index contributed by atoms with van der Waals surface area (Å²) in [6, 6.07) is 3.53. The molecule has 74 valence electrons. The molecule has 0 spiro atoms. The van der Waals surface area contributed by atoms with Crippen LogP contribution < -0.4 is 11.5 Å². The van der Waals surface area contributed by atoms with Gasteiger partial charge in [-0.05, 0) is 6.07 Å². The van der Waals surface area contributed by atoms with Gasteiger partial charge in [0, 0.05) is 12.4 Å². The Morgan fingerprint density at radius 1 is 1.27 bits per heavy atom. The van der Waals surface area contributed by atoms with Crippen LogP contribution in [0, 0.1) is 11.3 Å². The first kappa shape index (κ1) is 8.96. The van der Waals surface area contributed by atoms with E-state index in [2.05, 4.69) is 15.1 Å². The predicted molar refractivity (Wildman–Crippen MR) is 52.7 cm³/mol. The van der Waals surface area contributed by atoms with Crippen LogP contribution in [0.1, 0.15) is 5.56 Å². The molecular weight excluding hydrogens is 194 g/mol. The molecule has 0 radical (unpaired) electrons. The van der Waals surface area contributed by atoms with E-state index in [9.17, 15) is 0 Å². The molecule has 2 heterocycles. The van der Waals surface area contributed by atoms with E-state index in [1.165, 1.54) is 4.68 Å². The summed E-state index contributed by atoms with van der Waals surface area (Å²) in [5.74, 6) is 0.492. The van der Waals surface area contributed by atoms with E-state index in [-0.39, 0.29) is 23.1 Å². The first-order valence-corrected chi connectivity index (χ1v) is 4.05. The van der Waals surface area contributed by atoms with E-state index in [1.807, 2.05) is 6.07 Å². The Hall–Kier alpha value is -2.62. The first-order chi connectivity index (χ1) is 7.24. The van der Waals surface area contributed by atoms with E-state index in [1.54, 1.807) is 18.5 Å². The Labute approximate surface area is 85.0 Å². The Bertz CT molecular complexity index is 522. The highest BCUT2D eigenvalue weighted by molar-refractivity contribution is 5.63. The number of hydrogen-bond acceptors (Lipinski definition) is 6. The Kier molecular flexibility index (Phi) is 1.95. The molecule has 0 unspecified atom stereocenters. The van der Waals surface area contributed by atoms with E-state index in [0.29, 0.717) is 0 Å². The number of anilines is 2. The lowest BCUT2D eigenvalue weighted by Crippen LogP contribution is -2.06. The van der Waals surface area contributed by atoms with Gasteiger partial charge in [0.25, 0.3) is 5.95 Å². The summed E-state index contributed by atoms with van der Waals surface area (Å²) in [4.78, 5) is 7.89. The fourth-order valence-corrected chi connectivity index (χ4v) is 1.12. The van der Waals surface area contributed by atoms with Crippen molar-refractivity contribution >= 4 is 11.6 Å². The van der Waals surface area contributed by atoms with Crippen LogP contribution in [-0.4, -0.2) is 19.7 Å². The van der Waals surface area contributed by atoms with Gasteiger partial charge < -0.3 is 11.5 Å². The zero-order chi connectivity index (χ0) is 10.8. The summed E-state index contributed by atoms with van der Waals surface area (Å²) in [6.45, 7) is 0. The molecule has 7 heteroatoms. The molecule has 4 N–H and O–H groups in total. The maximum Gasteiger partial charge on any atom is 0.252 e. The second kappa shape index (κ2) is 3.26. The monoisotopic (exact) mass is 201 g/mol. The standard InChI is InChI=1S/C8H7N7/c9-4-5-6(10)14-15(7(5)11)8-12-2-1-3-13-8/h1-3H,11H2,(H2,10,14). The zero-order valence-electron chi connectivity index (χ0n) is 7.62. The number of rotatable bonds is 1. The van der Waals surface area contributed by atoms with Gasteiger partial charge in [-0.2, -0.15) is 9.94 Å². The SMILES string of the molecule is N#Cc1c(N)nn(-c2ncccn2)c1N. The highest BCUT2D eigenvalue weighted by Crippen LogP contribution is 2.19. The van der Waals surface area contributed by atoms with E-state index in [4.69, 9.17) is 16.7 Å². The molecule has 0 saturated heterocycles. The highest BCUT2D eigenvalue weighted by atomic mass is 15.4. The topological polar surface area (TPSA) is 119 Å². The van der Waals surface area contributed by atoms with Crippen molar-refractivity contribution in [2.75, 3.05) is 11.5 Å². The molecule has 0 aliphatic rings. The number of hydrogen-bond donors (Lipinski definition) is 2. The molecule has 0 atom stereocenters. The number of aromatic nitrogens is 4. The first-order valence-electron chi connectivity index (χ1n) is 4.05. The van der Waals surface area contributed by atoms with Gasteiger partial charge >= 0.3 is 0 Å². The third-order valence-corrected chi connectivity index (χ3v) is 1.80. The fraction of sp³-hybridized carbons (Fsp3) is 0. The summed E-state index contributed by atoms with van der Waals surface area (Å²) in [5, 5.41) is 12.6. The van der Waals surface area contributed by atoms with Gasteiger partial charge in [0.1, 0.15) is 11.6 Å². The predicted octanol–water partition coefficient (Wildman–Crippen LogP) is -0.302. The third kappa shape index (κ3) is 1.34. The van der Waals surface area contributed by atoms with Crippen LogP contribution >= 0.6 is 0 Å². The largest absolute Gasteiger partial charge is 0.382 e. The lowest BCUT2D eigenvalue weighted by molar-refractivity contribution is 0.821. The van der Waals surface area contributed by atoms with Gasteiger partial charge in [-0.15, -0.1) is 5.10 Å². The minimum absolute atomic E-state index is 0.0717. The summed E-state index contributed by atoms with van der Waals surface area (Å²) in [6.07, 6.45) is 3.09. The van der Waals surface area contributed by atoms with Crippen molar-refractivity contribution in [2.45, 2.75) is 0 Å². The lowest BCUT2D eigenvalue weighted by Gasteiger charge is -1.99. The molecule has 15 heavy (non-hydrogen) atoms. The van der Waals surface area contributed by atoms with Crippen molar-refractivity contribution < 1.29 is 0 Å². The van der Waals surface area contributed by atoms with Crippen LogP contribution in [0.3, 0.4) is 0 Å². The summed E-state index contributed by atoms with van der Waals surface area (Å²) < 4.78 is 1.23. The van der Waals surface area contributed by atoms with Crippen LogP contribution in [0.4, 0.5) is 11.6 Å². The number of nitrogens with two attached hydrogens (primary N) is 2. The normalized spacial score (nSPS) is 9.80. The maximum absolute atomic E-state index is 8.76. The zero-order valence-corrected chi connectivity index (χ0v) is 7.62. The maximum atomic E-state index is 8.76. The molecule has 0 saturated carbocycles. The molecule has 2 aromatic heterocycles. The average molecular weight is 201 g/mol. The molecule has 0 fully saturated rings. The molecule has 0 aromatic carbocycles. The quantitative estimate of drug-likeness (QED) is 0.653. The lowest BCUT2D eigenvalue weighted by atomic mass is 10.3. The molecule has 0 aliphatic carbocycles. The van der Waals surface area contributed by atoms with Crippen molar-refractivity contribution in [1.29, 1.82) is 5.26 Å². The Morgan fingerprint density at radius 2 is 1.93 bits per heavy atom. The number of nitrogens with zero attached hydrogens (tertiary/aromatic N) is 5. The van der Waals surface area contributed by atoms with Crippen molar-refractivity contribution in [3.05, 3.63) is 24.0 Å². The van der Waals surface area contributed by atoms with Crippen molar-refractivity contribution in [1.82, 2.24) is 19.7 Å². The van der Waals surface area contributed by atoms with E-state index >= 15 is 0 Å².